The maximum absolute atomic E-state index is 12.0. The van der Waals surface area contributed by atoms with Gasteiger partial charge in [-0.05, 0) is 36.6 Å². The summed E-state index contributed by atoms with van der Waals surface area (Å²) in [5, 5.41) is 0. The van der Waals surface area contributed by atoms with Crippen LogP contribution in [0.1, 0.15) is 37.8 Å². The Labute approximate surface area is 116 Å². The molecule has 1 saturated heterocycles. The van der Waals surface area contributed by atoms with Crippen molar-refractivity contribution in [3.63, 3.8) is 0 Å². The van der Waals surface area contributed by atoms with E-state index in [1.807, 2.05) is 0 Å². The van der Waals surface area contributed by atoms with Gasteiger partial charge in [-0.3, -0.25) is 9.69 Å². The van der Waals surface area contributed by atoms with Gasteiger partial charge in [-0.15, -0.1) is 0 Å². The lowest BCUT2D eigenvalue weighted by Crippen LogP contribution is -2.36. The van der Waals surface area contributed by atoms with Crippen molar-refractivity contribution in [2.24, 2.45) is 0 Å². The number of nitrogens with zero attached hydrogens (tertiary/aromatic N) is 1. The number of hydrogen-bond acceptors (Lipinski definition) is 2. The van der Waals surface area contributed by atoms with E-state index in [2.05, 4.69) is 49.1 Å². The molecule has 0 unspecified atom stereocenters. The summed E-state index contributed by atoms with van der Waals surface area (Å²) in [5.41, 5.74) is 3.44. The molecule has 0 amide bonds. The van der Waals surface area contributed by atoms with Crippen LogP contribution in [0, 0.1) is 0 Å². The highest BCUT2D eigenvalue weighted by atomic mass is 16.1. The van der Waals surface area contributed by atoms with Gasteiger partial charge in [0.2, 0.25) is 0 Å². The van der Waals surface area contributed by atoms with Gasteiger partial charge in [-0.2, -0.15) is 0 Å². The van der Waals surface area contributed by atoms with Crippen LogP contribution in [-0.2, 0) is 11.2 Å². The molecule has 19 heavy (non-hydrogen) atoms. The number of carbonyl (C=O) groups excluding carboxylic acids is 1. The first-order valence-electron chi connectivity index (χ1n) is 7.28. The van der Waals surface area contributed by atoms with Gasteiger partial charge in [0.1, 0.15) is 0 Å². The fourth-order valence-corrected chi connectivity index (χ4v) is 2.51. The van der Waals surface area contributed by atoms with Gasteiger partial charge in [0.15, 0.2) is 5.78 Å². The minimum atomic E-state index is 0.312. The quantitative estimate of drug-likeness (QED) is 0.771. The second-order valence-electron chi connectivity index (χ2n) is 5.21. The molecule has 1 aromatic carbocycles. The Hall–Kier alpha value is -1.41. The molecule has 0 bridgehead atoms. The fourth-order valence-electron chi connectivity index (χ4n) is 2.51. The van der Waals surface area contributed by atoms with Gasteiger partial charge in [-0.1, -0.05) is 38.1 Å². The first-order valence-corrected chi connectivity index (χ1v) is 7.28. The van der Waals surface area contributed by atoms with E-state index in [1.165, 1.54) is 5.56 Å². The van der Waals surface area contributed by atoms with Gasteiger partial charge in [0.25, 0.3) is 0 Å². The van der Waals surface area contributed by atoms with Crippen LogP contribution in [0.3, 0.4) is 0 Å². The second kappa shape index (κ2) is 6.67. The molecule has 2 rings (SSSR count). The Kier molecular flexibility index (Phi) is 4.92. The number of hydrogen-bond donors (Lipinski definition) is 0. The third-order valence-corrected chi connectivity index (χ3v) is 3.68. The summed E-state index contributed by atoms with van der Waals surface area (Å²) < 4.78 is 0. The number of benzene rings is 1. The number of carbonyl (C=O) groups is 1. The average Bonchev–Trinajstić information content (AvgIpc) is 2.44. The van der Waals surface area contributed by atoms with Gasteiger partial charge in [-0.25, -0.2) is 0 Å². The van der Waals surface area contributed by atoms with E-state index >= 15 is 0 Å². The summed E-state index contributed by atoms with van der Waals surface area (Å²) >= 11 is 0. The van der Waals surface area contributed by atoms with Gasteiger partial charge in [0.05, 0.1) is 0 Å². The van der Waals surface area contributed by atoms with E-state index in [0.717, 1.165) is 43.6 Å². The van der Waals surface area contributed by atoms with E-state index < -0.39 is 0 Å². The highest BCUT2D eigenvalue weighted by Crippen LogP contribution is 2.16. The van der Waals surface area contributed by atoms with Crippen LogP contribution >= 0.6 is 0 Å². The fraction of sp³-hybridized carbons (Fsp3) is 0.471. The Morgan fingerprint density at radius 2 is 1.95 bits per heavy atom. The van der Waals surface area contributed by atoms with Gasteiger partial charge >= 0.3 is 0 Å². The first-order chi connectivity index (χ1) is 9.22. The van der Waals surface area contributed by atoms with Crippen LogP contribution < -0.4 is 0 Å². The molecule has 1 aliphatic rings. The zero-order valence-corrected chi connectivity index (χ0v) is 12.0. The molecule has 0 N–H and O–H groups in total. The first kappa shape index (κ1) is 14.0. The maximum atomic E-state index is 12.0. The van der Waals surface area contributed by atoms with Crippen LogP contribution in [0.4, 0.5) is 0 Å². The lowest BCUT2D eigenvalue weighted by atomic mass is 9.99. The molecule has 1 aliphatic heterocycles. The van der Waals surface area contributed by atoms with Crippen LogP contribution in [0.25, 0.3) is 6.08 Å². The zero-order valence-electron chi connectivity index (χ0n) is 12.0. The summed E-state index contributed by atoms with van der Waals surface area (Å²) in [5.74, 6) is 0.312. The molecule has 1 heterocycles. The number of likely N-dealkylation sites (tertiary alicyclic amines) is 1. The van der Waals surface area contributed by atoms with Crippen molar-refractivity contribution in [1.29, 1.82) is 0 Å². The molecule has 1 aromatic rings. The third kappa shape index (κ3) is 3.77. The van der Waals surface area contributed by atoms with Crippen molar-refractivity contribution in [3.05, 3.63) is 41.0 Å². The second-order valence-corrected chi connectivity index (χ2v) is 5.21. The minimum absolute atomic E-state index is 0.312. The highest BCUT2D eigenvalue weighted by Gasteiger charge is 2.20. The predicted octanol–water partition coefficient (Wildman–Crippen LogP) is 3.32. The van der Waals surface area contributed by atoms with Crippen molar-refractivity contribution >= 4 is 11.9 Å². The monoisotopic (exact) mass is 257 g/mol. The topological polar surface area (TPSA) is 20.3 Å². The summed E-state index contributed by atoms with van der Waals surface area (Å²) in [4.78, 5) is 14.3. The standard InChI is InChI=1S/C17H23NO/c1-3-10-18-11-9-17(19)16(13-18)12-15-7-5-14(4-2)6-8-15/h5-8,12H,3-4,9-11,13H2,1-2H3/b16-12+. The van der Waals surface area contributed by atoms with Crippen LogP contribution in [-0.4, -0.2) is 30.3 Å². The third-order valence-electron chi connectivity index (χ3n) is 3.68. The van der Waals surface area contributed by atoms with Gasteiger partial charge < -0.3 is 0 Å². The molecular formula is C17H23NO. The van der Waals surface area contributed by atoms with Crippen molar-refractivity contribution < 1.29 is 4.79 Å². The molecule has 2 nitrogen and oxygen atoms in total. The smallest absolute Gasteiger partial charge is 0.161 e. The van der Waals surface area contributed by atoms with E-state index in [1.54, 1.807) is 0 Å². The molecule has 102 valence electrons. The number of piperidine rings is 1. The van der Waals surface area contributed by atoms with Crippen molar-refractivity contribution in [2.75, 3.05) is 19.6 Å². The molecule has 0 radical (unpaired) electrons. The molecule has 0 aromatic heterocycles. The predicted molar refractivity (Wildman–Crippen MR) is 80.2 cm³/mol. The molecule has 2 heteroatoms. The Bertz CT molecular complexity index is 459. The Balaban J connectivity index is 2.12. The minimum Gasteiger partial charge on any atom is -0.299 e. The normalized spacial score (nSPS) is 19.1. The largest absolute Gasteiger partial charge is 0.299 e. The summed E-state index contributed by atoms with van der Waals surface area (Å²) in [6.07, 6.45) is 4.93. The number of rotatable bonds is 4. The van der Waals surface area contributed by atoms with Crippen LogP contribution in [0.5, 0.6) is 0 Å². The van der Waals surface area contributed by atoms with Crippen LogP contribution in [0.2, 0.25) is 0 Å². The number of ketones is 1. The Morgan fingerprint density at radius 1 is 1.21 bits per heavy atom. The van der Waals surface area contributed by atoms with E-state index in [9.17, 15) is 4.79 Å². The summed E-state index contributed by atoms with van der Waals surface area (Å²) in [7, 11) is 0. The number of aryl methyl sites for hydroxylation is 1. The lowest BCUT2D eigenvalue weighted by molar-refractivity contribution is -0.117. The molecule has 0 aliphatic carbocycles. The molecular weight excluding hydrogens is 234 g/mol. The molecule has 0 spiro atoms. The van der Waals surface area contributed by atoms with Crippen molar-refractivity contribution in [3.8, 4) is 0 Å². The SMILES string of the molecule is CCCN1CCC(=O)/C(=C/c2ccc(CC)cc2)C1. The van der Waals surface area contributed by atoms with E-state index in [0.29, 0.717) is 12.2 Å². The molecule has 1 fully saturated rings. The van der Waals surface area contributed by atoms with Crippen LogP contribution in [0.15, 0.2) is 29.8 Å². The highest BCUT2D eigenvalue weighted by molar-refractivity contribution is 6.00. The van der Waals surface area contributed by atoms with Crippen molar-refractivity contribution in [1.82, 2.24) is 4.90 Å². The molecule has 0 atom stereocenters. The number of Topliss-reactive ketones (excluding diaryl/α,β-unsaturated/α-hetero) is 1. The van der Waals surface area contributed by atoms with Crippen molar-refractivity contribution in [2.45, 2.75) is 33.1 Å². The lowest BCUT2D eigenvalue weighted by Gasteiger charge is -2.27. The summed E-state index contributed by atoms with van der Waals surface area (Å²) in [6, 6.07) is 8.50. The maximum Gasteiger partial charge on any atom is 0.161 e. The van der Waals surface area contributed by atoms with E-state index in [4.69, 9.17) is 0 Å². The van der Waals surface area contributed by atoms with E-state index in [-0.39, 0.29) is 0 Å². The average molecular weight is 257 g/mol. The zero-order chi connectivity index (χ0) is 13.7. The summed E-state index contributed by atoms with van der Waals surface area (Å²) in [6.45, 7) is 7.14. The molecule has 0 saturated carbocycles. The van der Waals surface area contributed by atoms with Gasteiger partial charge in [0, 0.05) is 25.1 Å². The Morgan fingerprint density at radius 3 is 2.58 bits per heavy atom.